The second kappa shape index (κ2) is 7.24. The van der Waals surface area contributed by atoms with E-state index in [1.54, 1.807) is 0 Å². The molecule has 0 bridgehead atoms. The summed E-state index contributed by atoms with van der Waals surface area (Å²) < 4.78 is 5.35. The Bertz CT molecular complexity index is 496. The van der Waals surface area contributed by atoms with Crippen molar-refractivity contribution >= 4 is 5.91 Å². The zero-order valence-corrected chi connectivity index (χ0v) is 13.4. The molecule has 3 heterocycles. The highest BCUT2D eigenvalue weighted by Crippen LogP contribution is 2.31. The van der Waals surface area contributed by atoms with Crippen molar-refractivity contribution in [3.63, 3.8) is 0 Å². The first-order valence-corrected chi connectivity index (χ1v) is 8.35. The molecule has 22 heavy (non-hydrogen) atoms. The molecular formula is C16H26N4O2. The molecule has 2 fully saturated rings. The number of nitrogens with zero attached hydrogens (tertiary/aromatic N) is 3. The Kier molecular flexibility index (Phi) is 5.10. The summed E-state index contributed by atoms with van der Waals surface area (Å²) in [5.74, 6) is 0.269. The zero-order valence-electron chi connectivity index (χ0n) is 13.4. The molecule has 2 aliphatic rings. The molecule has 1 aromatic rings. The predicted octanol–water partition coefficient (Wildman–Crippen LogP) is 1.49. The topological polar surface area (TPSA) is 61.5 Å². The van der Waals surface area contributed by atoms with Gasteiger partial charge in [-0.25, -0.2) is 0 Å². The van der Waals surface area contributed by atoms with Crippen LogP contribution in [0.5, 0.6) is 0 Å². The number of aromatic nitrogens is 2. The number of ether oxygens (including phenoxy) is 1. The lowest BCUT2D eigenvalue weighted by molar-refractivity contribution is -0.135. The predicted molar refractivity (Wildman–Crippen MR) is 83.5 cm³/mol. The number of piperidine rings is 1. The molecule has 0 aliphatic carbocycles. The van der Waals surface area contributed by atoms with Gasteiger partial charge in [0.25, 0.3) is 0 Å². The van der Waals surface area contributed by atoms with Gasteiger partial charge in [-0.3, -0.25) is 14.8 Å². The van der Waals surface area contributed by atoms with Crippen LogP contribution in [0.1, 0.15) is 43.0 Å². The van der Waals surface area contributed by atoms with Gasteiger partial charge < -0.3 is 9.64 Å². The Morgan fingerprint density at radius 1 is 1.36 bits per heavy atom. The summed E-state index contributed by atoms with van der Waals surface area (Å²) in [6, 6.07) is 0.174. The summed E-state index contributed by atoms with van der Waals surface area (Å²) >= 11 is 0. The van der Waals surface area contributed by atoms with E-state index < -0.39 is 0 Å². The quantitative estimate of drug-likeness (QED) is 0.915. The number of aromatic amines is 1. The molecule has 122 valence electrons. The highest BCUT2D eigenvalue weighted by atomic mass is 16.5. The van der Waals surface area contributed by atoms with Gasteiger partial charge in [0.2, 0.25) is 5.91 Å². The molecule has 6 heteroatoms. The molecule has 1 N–H and O–H groups in total. The van der Waals surface area contributed by atoms with Crippen molar-refractivity contribution in [2.45, 2.75) is 38.6 Å². The van der Waals surface area contributed by atoms with Crippen LogP contribution < -0.4 is 0 Å². The average Bonchev–Trinajstić information content (AvgIpc) is 2.99. The maximum Gasteiger partial charge on any atom is 0.224 e. The van der Waals surface area contributed by atoms with Gasteiger partial charge in [-0.2, -0.15) is 5.10 Å². The molecule has 2 aliphatic heterocycles. The Labute approximate surface area is 131 Å². The molecule has 1 atom stereocenters. The number of aryl methyl sites for hydroxylation is 1. The van der Waals surface area contributed by atoms with Gasteiger partial charge in [0.1, 0.15) is 0 Å². The molecule has 3 rings (SSSR count). The number of rotatable bonds is 4. The molecule has 2 saturated heterocycles. The van der Waals surface area contributed by atoms with E-state index in [4.69, 9.17) is 4.74 Å². The largest absolute Gasteiger partial charge is 0.379 e. The monoisotopic (exact) mass is 306 g/mol. The van der Waals surface area contributed by atoms with Crippen molar-refractivity contribution in [3.05, 3.63) is 17.5 Å². The lowest BCUT2D eigenvalue weighted by Gasteiger charge is -2.36. The summed E-state index contributed by atoms with van der Waals surface area (Å²) in [6.45, 7) is 7.22. The number of hydrogen-bond acceptors (Lipinski definition) is 4. The van der Waals surface area contributed by atoms with Crippen molar-refractivity contribution in [1.82, 2.24) is 20.0 Å². The molecular weight excluding hydrogens is 280 g/mol. The fourth-order valence-corrected chi connectivity index (χ4v) is 3.45. The van der Waals surface area contributed by atoms with E-state index in [0.717, 1.165) is 63.5 Å². The number of amides is 1. The highest BCUT2D eigenvalue weighted by Gasteiger charge is 2.30. The van der Waals surface area contributed by atoms with Crippen LogP contribution in [0, 0.1) is 6.92 Å². The van der Waals surface area contributed by atoms with Gasteiger partial charge in [0.15, 0.2) is 0 Å². The minimum absolute atomic E-state index is 0.174. The van der Waals surface area contributed by atoms with Gasteiger partial charge in [-0.15, -0.1) is 0 Å². The molecule has 1 amide bonds. The van der Waals surface area contributed by atoms with Gasteiger partial charge in [0.05, 0.1) is 31.1 Å². The third kappa shape index (κ3) is 3.50. The molecule has 0 unspecified atom stereocenters. The van der Waals surface area contributed by atoms with E-state index in [0.29, 0.717) is 6.42 Å². The van der Waals surface area contributed by atoms with Crippen LogP contribution in [-0.2, 0) is 9.53 Å². The van der Waals surface area contributed by atoms with Crippen molar-refractivity contribution in [2.24, 2.45) is 0 Å². The second-order valence-electron chi connectivity index (χ2n) is 6.27. The van der Waals surface area contributed by atoms with Crippen LogP contribution in [0.2, 0.25) is 0 Å². The first-order valence-electron chi connectivity index (χ1n) is 8.35. The van der Waals surface area contributed by atoms with Gasteiger partial charge in [-0.1, -0.05) is 0 Å². The van der Waals surface area contributed by atoms with Gasteiger partial charge >= 0.3 is 0 Å². The first-order chi connectivity index (χ1) is 10.8. The Morgan fingerprint density at radius 2 is 2.18 bits per heavy atom. The maximum absolute atomic E-state index is 12.7. The zero-order chi connectivity index (χ0) is 15.4. The smallest absolute Gasteiger partial charge is 0.224 e. The molecule has 0 radical (unpaired) electrons. The lowest BCUT2D eigenvalue weighted by atomic mass is 9.97. The third-order valence-electron chi connectivity index (χ3n) is 4.77. The number of carbonyl (C=O) groups is 1. The standard InChI is InChI=1S/C16H26N4O2/c1-13-12-17-18-16(13)14-4-2-3-6-20(14)15(21)5-7-19-8-10-22-11-9-19/h12,14H,2-11H2,1H3,(H,17,18)/t14-/m0/s1. The molecule has 6 nitrogen and oxygen atoms in total. The third-order valence-corrected chi connectivity index (χ3v) is 4.77. The van der Waals surface area contributed by atoms with E-state index in [9.17, 15) is 4.79 Å². The van der Waals surface area contributed by atoms with Crippen molar-refractivity contribution in [2.75, 3.05) is 39.4 Å². The van der Waals surface area contributed by atoms with Crippen LogP contribution in [0.4, 0.5) is 0 Å². The molecule has 0 spiro atoms. The van der Waals surface area contributed by atoms with Crippen molar-refractivity contribution in [1.29, 1.82) is 0 Å². The first kappa shape index (κ1) is 15.5. The Morgan fingerprint density at radius 3 is 2.91 bits per heavy atom. The number of likely N-dealkylation sites (tertiary alicyclic amines) is 1. The van der Waals surface area contributed by atoms with Crippen molar-refractivity contribution < 1.29 is 9.53 Å². The van der Waals surface area contributed by atoms with Gasteiger partial charge in [0, 0.05) is 32.6 Å². The molecule has 0 aromatic carbocycles. The fourth-order valence-electron chi connectivity index (χ4n) is 3.45. The van der Waals surface area contributed by atoms with E-state index in [-0.39, 0.29) is 11.9 Å². The Balaban J connectivity index is 1.60. The number of H-pyrrole nitrogens is 1. The summed E-state index contributed by atoms with van der Waals surface area (Å²) in [5, 5.41) is 7.22. The normalized spacial score (nSPS) is 23.7. The van der Waals surface area contributed by atoms with E-state index in [2.05, 4.69) is 26.9 Å². The highest BCUT2D eigenvalue weighted by molar-refractivity contribution is 5.77. The van der Waals surface area contributed by atoms with Crippen LogP contribution in [-0.4, -0.2) is 65.3 Å². The number of morpholine rings is 1. The van der Waals surface area contributed by atoms with Crippen LogP contribution >= 0.6 is 0 Å². The van der Waals surface area contributed by atoms with E-state index in [1.807, 2.05) is 6.20 Å². The number of nitrogens with one attached hydrogen (secondary N) is 1. The van der Waals surface area contributed by atoms with Crippen LogP contribution in [0.3, 0.4) is 0 Å². The van der Waals surface area contributed by atoms with Crippen molar-refractivity contribution in [3.8, 4) is 0 Å². The van der Waals surface area contributed by atoms with E-state index >= 15 is 0 Å². The minimum atomic E-state index is 0.174. The minimum Gasteiger partial charge on any atom is -0.379 e. The Hall–Kier alpha value is -1.40. The number of hydrogen-bond donors (Lipinski definition) is 1. The van der Waals surface area contributed by atoms with E-state index in [1.165, 1.54) is 6.42 Å². The molecule has 0 saturated carbocycles. The fraction of sp³-hybridized carbons (Fsp3) is 0.750. The second-order valence-corrected chi connectivity index (χ2v) is 6.27. The maximum atomic E-state index is 12.7. The summed E-state index contributed by atoms with van der Waals surface area (Å²) in [4.78, 5) is 17.1. The number of carbonyl (C=O) groups excluding carboxylic acids is 1. The summed E-state index contributed by atoms with van der Waals surface area (Å²) in [5.41, 5.74) is 2.26. The SMILES string of the molecule is Cc1cn[nH]c1[C@@H]1CCCCN1C(=O)CCN1CCOCC1. The van der Waals surface area contributed by atoms with Crippen LogP contribution in [0.25, 0.3) is 0 Å². The summed E-state index contributed by atoms with van der Waals surface area (Å²) in [6.07, 6.45) is 5.76. The summed E-state index contributed by atoms with van der Waals surface area (Å²) in [7, 11) is 0. The molecule has 1 aromatic heterocycles. The average molecular weight is 306 g/mol. The van der Waals surface area contributed by atoms with Crippen LogP contribution in [0.15, 0.2) is 6.20 Å². The van der Waals surface area contributed by atoms with Gasteiger partial charge in [-0.05, 0) is 31.7 Å². The lowest BCUT2D eigenvalue weighted by Crippen LogP contribution is -2.42.